The van der Waals surface area contributed by atoms with Crippen molar-refractivity contribution in [1.82, 2.24) is 0 Å². The number of nitrogens with one attached hydrogen (secondary N) is 1. The number of nitrogens with zero attached hydrogens (tertiary/aromatic N) is 6. The van der Waals surface area contributed by atoms with Gasteiger partial charge in [-0.3, -0.25) is 10.2 Å². The van der Waals surface area contributed by atoms with Crippen LogP contribution >= 0.6 is 34.8 Å². The summed E-state index contributed by atoms with van der Waals surface area (Å²) in [5.74, 6) is -1.49. The van der Waals surface area contributed by atoms with E-state index < -0.39 is 46.2 Å². The molecule has 0 aromatic rings. The Kier molecular flexibility index (Phi) is 7.22. The van der Waals surface area contributed by atoms with E-state index in [2.05, 4.69) is 20.1 Å². The molecule has 0 aromatic carbocycles. The second-order valence-electron chi connectivity index (χ2n) is 4.62. The van der Waals surface area contributed by atoms with Crippen LogP contribution in [0.5, 0.6) is 0 Å². The summed E-state index contributed by atoms with van der Waals surface area (Å²) in [4.78, 5) is 16.6. The van der Waals surface area contributed by atoms with E-state index >= 15 is 0 Å². The number of hydrogen-bond acceptors (Lipinski definition) is 7. The zero-order valence-corrected chi connectivity index (χ0v) is 14.6. The first-order chi connectivity index (χ1) is 11.1. The van der Waals surface area contributed by atoms with Gasteiger partial charge in [-0.25, -0.2) is 0 Å². The lowest BCUT2D eigenvalue weighted by atomic mass is 9.96. The van der Waals surface area contributed by atoms with E-state index in [0.29, 0.717) is 0 Å². The molecule has 0 saturated carbocycles. The number of esters is 1. The van der Waals surface area contributed by atoms with Crippen LogP contribution < -0.4 is 0 Å². The molecule has 0 radical (unpaired) electrons. The predicted molar refractivity (Wildman–Crippen MR) is 84.9 cm³/mol. The van der Waals surface area contributed by atoms with Crippen LogP contribution in [0.25, 0.3) is 20.9 Å². The molecule has 1 fully saturated rings. The molecule has 1 heterocycles. The molecule has 0 bridgehead atoms. The third-order valence-electron chi connectivity index (χ3n) is 2.95. The Morgan fingerprint density at radius 2 is 1.75 bits per heavy atom. The number of rotatable bonds is 4. The third kappa shape index (κ3) is 5.20. The highest BCUT2D eigenvalue weighted by Crippen LogP contribution is 2.33. The van der Waals surface area contributed by atoms with Crippen molar-refractivity contribution in [1.29, 1.82) is 5.41 Å². The molecule has 1 saturated heterocycles. The number of ether oxygens (including phenoxy) is 3. The molecule has 14 heteroatoms. The maximum Gasteiger partial charge on any atom is 0.302 e. The van der Waals surface area contributed by atoms with Gasteiger partial charge < -0.3 is 14.2 Å². The SMILES string of the molecule is CC(=O)O[C@H]1[C@@H](N=[N+]=[N-])[C@@H](C)O[C@H](OC(=N)C(Cl)(Cl)Cl)[C@@H]1N=[N+]=[N-]. The zero-order valence-electron chi connectivity index (χ0n) is 12.3. The first-order valence-corrected chi connectivity index (χ1v) is 7.48. The van der Waals surface area contributed by atoms with Gasteiger partial charge in [-0.2, -0.15) is 0 Å². The smallest absolute Gasteiger partial charge is 0.302 e. The van der Waals surface area contributed by atoms with Crippen molar-refractivity contribution >= 4 is 46.7 Å². The van der Waals surface area contributed by atoms with Crippen LogP contribution in [-0.4, -0.2) is 46.2 Å². The van der Waals surface area contributed by atoms with Crippen LogP contribution in [0.3, 0.4) is 0 Å². The molecule has 1 aliphatic heterocycles. The van der Waals surface area contributed by atoms with Crippen LogP contribution in [0.1, 0.15) is 13.8 Å². The second kappa shape index (κ2) is 8.48. The maximum absolute atomic E-state index is 11.3. The average molecular weight is 401 g/mol. The van der Waals surface area contributed by atoms with Crippen molar-refractivity contribution in [2.24, 2.45) is 10.2 Å². The minimum atomic E-state index is -2.17. The summed E-state index contributed by atoms with van der Waals surface area (Å²) in [6.45, 7) is 2.64. The summed E-state index contributed by atoms with van der Waals surface area (Å²) in [5.41, 5.74) is 17.4. The molecule has 0 unspecified atom stereocenters. The molecule has 11 nitrogen and oxygen atoms in total. The molecule has 0 aromatic heterocycles. The fourth-order valence-corrected chi connectivity index (χ4v) is 2.14. The van der Waals surface area contributed by atoms with Crippen molar-refractivity contribution in [3.63, 3.8) is 0 Å². The van der Waals surface area contributed by atoms with Gasteiger partial charge in [-0.05, 0) is 18.0 Å². The fraction of sp³-hybridized carbons (Fsp3) is 0.800. The maximum atomic E-state index is 11.3. The summed E-state index contributed by atoms with van der Waals surface area (Å²) in [6, 6.07) is -2.27. The Morgan fingerprint density at radius 3 is 2.21 bits per heavy atom. The summed E-state index contributed by atoms with van der Waals surface area (Å²) in [6.07, 6.45) is -3.39. The van der Waals surface area contributed by atoms with E-state index in [0.717, 1.165) is 6.92 Å². The molecular formula is C10H12Cl3N7O4. The number of carbonyl (C=O) groups excluding carboxylic acids is 1. The lowest BCUT2D eigenvalue weighted by Gasteiger charge is -2.41. The van der Waals surface area contributed by atoms with E-state index in [1.165, 1.54) is 6.92 Å². The minimum absolute atomic E-state index is 0.708. The van der Waals surface area contributed by atoms with Gasteiger partial charge in [0.05, 0.1) is 6.10 Å². The Labute approximate surface area is 150 Å². The van der Waals surface area contributed by atoms with Gasteiger partial charge >= 0.3 is 5.97 Å². The average Bonchev–Trinajstić information content (AvgIpc) is 2.45. The monoisotopic (exact) mass is 399 g/mol. The van der Waals surface area contributed by atoms with Crippen molar-refractivity contribution in [2.45, 2.75) is 48.2 Å². The van der Waals surface area contributed by atoms with Crippen LogP contribution in [0.15, 0.2) is 10.2 Å². The van der Waals surface area contributed by atoms with E-state index in [1.807, 2.05) is 0 Å². The summed E-state index contributed by atoms with van der Waals surface area (Å²) in [7, 11) is 0. The van der Waals surface area contributed by atoms with Crippen molar-refractivity contribution in [2.75, 3.05) is 0 Å². The second-order valence-corrected chi connectivity index (χ2v) is 6.90. The lowest BCUT2D eigenvalue weighted by molar-refractivity contribution is -0.206. The van der Waals surface area contributed by atoms with Gasteiger partial charge in [0.25, 0.3) is 3.79 Å². The molecule has 0 spiro atoms. The first-order valence-electron chi connectivity index (χ1n) is 6.35. The predicted octanol–water partition coefficient (Wildman–Crippen LogP) is 3.38. The molecule has 0 amide bonds. The Balaban J connectivity index is 3.20. The van der Waals surface area contributed by atoms with Crippen LogP contribution in [0.4, 0.5) is 0 Å². The number of alkyl halides is 3. The van der Waals surface area contributed by atoms with E-state index in [4.69, 9.17) is 65.5 Å². The van der Waals surface area contributed by atoms with Crippen molar-refractivity contribution < 1.29 is 19.0 Å². The largest absolute Gasteiger partial charge is 0.461 e. The molecule has 1 N–H and O–H groups in total. The third-order valence-corrected chi connectivity index (χ3v) is 3.46. The Morgan fingerprint density at radius 1 is 1.21 bits per heavy atom. The van der Waals surface area contributed by atoms with E-state index in [9.17, 15) is 4.79 Å². The summed E-state index contributed by atoms with van der Waals surface area (Å²) < 4.78 is 13.5. The molecular weight excluding hydrogens is 389 g/mol. The lowest BCUT2D eigenvalue weighted by Crippen LogP contribution is -2.58. The van der Waals surface area contributed by atoms with Crippen molar-refractivity contribution in [3.8, 4) is 0 Å². The van der Waals surface area contributed by atoms with Gasteiger partial charge in [0.1, 0.15) is 18.2 Å². The molecule has 0 aliphatic carbocycles. The highest BCUT2D eigenvalue weighted by Gasteiger charge is 2.48. The van der Waals surface area contributed by atoms with Gasteiger partial charge in [-0.15, -0.1) is 0 Å². The van der Waals surface area contributed by atoms with Gasteiger partial charge in [0, 0.05) is 16.7 Å². The highest BCUT2D eigenvalue weighted by atomic mass is 35.6. The summed E-state index contributed by atoms with van der Waals surface area (Å²) in [5, 5.41) is 14.5. The number of azide groups is 2. The van der Waals surface area contributed by atoms with Gasteiger partial charge in [-0.1, -0.05) is 45.0 Å². The number of halogens is 3. The molecule has 5 atom stereocenters. The first kappa shape index (κ1) is 20.4. The standard InChI is InChI=1S/C10H12Cl3N7O4/c1-3-5(17-19-15)7(23-4(2)21)6(18-20-16)8(22-3)24-9(14)10(11,12)13/h3,5-8,14H,1-2H3/t3-,5+,6-,7+,8-/m1/s1. The van der Waals surface area contributed by atoms with Gasteiger partial charge in [0.2, 0.25) is 12.2 Å². The minimum Gasteiger partial charge on any atom is -0.461 e. The molecule has 1 rings (SSSR count). The summed E-state index contributed by atoms with van der Waals surface area (Å²) >= 11 is 16.6. The number of hydrogen-bond donors (Lipinski definition) is 1. The van der Waals surface area contributed by atoms with E-state index in [-0.39, 0.29) is 0 Å². The van der Waals surface area contributed by atoms with E-state index in [1.54, 1.807) is 0 Å². The van der Waals surface area contributed by atoms with Gasteiger partial charge in [0.15, 0.2) is 0 Å². The fourth-order valence-electron chi connectivity index (χ4n) is 2.01. The van der Waals surface area contributed by atoms with Crippen molar-refractivity contribution in [3.05, 3.63) is 20.9 Å². The molecule has 24 heavy (non-hydrogen) atoms. The molecule has 132 valence electrons. The molecule has 1 aliphatic rings. The van der Waals surface area contributed by atoms with Crippen LogP contribution in [-0.2, 0) is 19.0 Å². The normalized spacial score (nSPS) is 29.6. The zero-order chi connectivity index (χ0) is 18.5. The topological polar surface area (TPSA) is 166 Å². The van der Waals surface area contributed by atoms with Crippen LogP contribution in [0.2, 0.25) is 0 Å². The Bertz CT molecular complexity index is 600. The number of carbonyl (C=O) groups is 1. The Hall–Kier alpha value is -1.61. The highest BCUT2D eigenvalue weighted by molar-refractivity contribution is 6.76. The quantitative estimate of drug-likeness (QED) is 0.145. The van der Waals surface area contributed by atoms with Crippen LogP contribution in [0, 0.1) is 5.41 Å².